The summed E-state index contributed by atoms with van der Waals surface area (Å²) in [5, 5.41) is 12.9. The number of hydrogen-bond donors (Lipinski definition) is 2. The van der Waals surface area contributed by atoms with E-state index in [0.717, 1.165) is 19.4 Å². The van der Waals surface area contributed by atoms with Crippen LogP contribution in [0.4, 0.5) is 0 Å². The molecule has 1 aromatic rings. The average molecular weight is 389 g/mol. The van der Waals surface area contributed by atoms with Gasteiger partial charge in [-0.1, -0.05) is 44.4 Å². The Bertz CT molecular complexity index is 643. The third-order valence-corrected chi connectivity index (χ3v) is 6.33. The number of aliphatic hydroxyl groups excluding tert-OH is 1. The normalized spacial score (nSPS) is 21.4. The quantitative estimate of drug-likeness (QED) is 0.719. The molecule has 3 rings (SSSR count). The predicted octanol–water partition coefficient (Wildman–Crippen LogP) is 2.85. The predicted molar refractivity (Wildman–Crippen MR) is 111 cm³/mol. The molecule has 2 atom stereocenters. The van der Waals surface area contributed by atoms with Gasteiger partial charge in [-0.25, -0.2) is 0 Å². The average Bonchev–Trinajstić information content (AvgIpc) is 2.73. The minimum absolute atomic E-state index is 0.146. The second-order valence-corrected chi connectivity index (χ2v) is 8.31. The Kier molecular flexibility index (Phi) is 7.89. The minimum Gasteiger partial charge on any atom is -0.389 e. The number of aliphatic hydroxyl groups is 1. The second kappa shape index (κ2) is 10.4. The molecular weight excluding hydrogens is 352 g/mol. The van der Waals surface area contributed by atoms with Crippen LogP contribution in [-0.2, 0) is 22.4 Å². The molecule has 1 unspecified atom stereocenters. The molecule has 2 aliphatic rings. The number of aryl methyl sites for hydroxylation is 1. The van der Waals surface area contributed by atoms with Gasteiger partial charge in [-0.2, -0.15) is 0 Å². The fraction of sp³-hybridized carbons (Fsp3) is 0.696. The van der Waals surface area contributed by atoms with Crippen LogP contribution >= 0.6 is 0 Å². The zero-order valence-corrected chi connectivity index (χ0v) is 17.5. The first-order valence-corrected chi connectivity index (χ1v) is 10.9. The first-order valence-electron chi connectivity index (χ1n) is 10.9. The van der Waals surface area contributed by atoms with Crippen LogP contribution in [0.1, 0.15) is 61.8 Å². The van der Waals surface area contributed by atoms with E-state index in [0.29, 0.717) is 12.5 Å². The lowest BCUT2D eigenvalue weighted by atomic mass is 9.76. The lowest BCUT2D eigenvalue weighted by Crippen LogP contribution is -2.47. The van der Waals surface area contributed by atoms with E-state index in [1.807, 2.05) is 0 Å². The highest BCUT2D eigenvalue weighted by Crippen LogP contribution is 2.42. The molecule has 2 N–H and O–H groups in total. The Hall–Kier alpha value is -1.43. The van der Waals surface area contributed by atoms with E-state index in [1.165, 1.54) is 48.8 Å². The Morgan fingerprint density at radius 3 is 2.82 bits per heavy atom. The van der Waals surface area contributed by atoms with Gasteiger partial charge in [0.15, 0.2) is 0 Å². The summed E-state index contributed by atoms with van der Waals surface area (Å²) in [5.41, 5.74) is 4.15. The van der Waals surface area contributed by atoms with Gasteiger partial charge in [0.2, 0.25) is 5.91 Å². The van der Waals surface area contributed by atoms with Crippen molar-refractivity contribution < 1.29 is 14.6 Å². The molecule has 1 fully saturated rings. The standard InChI is InChI=1S/C23H36N2O3/c1-3-17-9-10-18-11-12-25(22(27)15-24-14-20(26)16-28-2)23(21(18)13-17)19-7-5-4-6-8-19/h9-10,13,19-20,23-24,26H,3-8,11-12,14-16H2,1-2H3/t20-,23?/m0/s1. The van der Waals surface area contributed by atoms with Crippen molar-refractivity contribution in [1.82, 2.24) is 10.2 Å². The zero-order valence-electron chi connectivity index (χ0n) is 17.5. The molecule has 28 heavy (non-hydrogen) atoms. The van der Waals surface area contributed by atoms with Crippen LogP contribution < -0.4 is 5.32 Å². The Morgan fingerprint density at radius 2 is 2.11 bits per heavy atom. The number of rotatable bonds is 8. The fourth-order valence-corrected chi connectivity index (χ4v) is 4.85. The number of methoxy groups -OCH3 is 1. The fourth-order valence-electron chi connectivity index (χ4n) is 4.85. The molecular formula is C23H36N2O3. The van der Waals surface area contributed by atoms with Crippen LogP contribution in [0.25, 0.3) is 0 Å². The van der Waals surface area contributed by atoms with Gasteiger partial charge in [0, 0.05) is 20.2 Å². The molecule has 1 aliphatic carbocycles. The number of hydrogen-bond acceptors (Lipinski definition) is 4. The van der Waals surface area contributed by atoms with E-state index in [2.05, 4.69) is 35.3 Å². The number of amides is 1. The van der Waals surface area contributed by atoms with Crippen molar-refractivity contribution in [3.05, 3.63) is 34.9 Å². The second-order valence-electron chi connectivity index (χ2n) is 8.31. The molecule has 1 aromatic carbocycles. The summed E-state index contributed by atoms with van der Waals surface area (Å²) in [4.78, 5) is 15.2. The zero-order chi connectivity index (χ0) is 19.9. The first-order chi connectivity index (χ1) is 13.6. The summed E-state index contributed by atoms with van der Waals surface area (Å²) in [7, 11) is 1.57. The number of ether oxygens (including phenoxy) is 1. The summed E-state index contributed by atoms with van der Waals surface area (Å²) in [6.45, 7) is 3.91. The van der Waals surface area contributed by atoms with Crippen molar-refractivity contribution in [3.63, 3.8) is 0 Å². The third kappa shape index (κ3) is 5.13. The molecule has 0 saturated heterocycles. The topological polar surface area (TPSA) is 61.8 Å². The maximum atomic E-state index is 13.1. The van der Waals surface area contributed by atoms with E-state index in [4.69, 9.17) is 4.74 Å². The van der Waals surface area contributed by atoms with Gasteiger partial charge in [0.25, 0.3) is 0 Å². The van der Waals surface area contributed by atoms with Gasteiger partial charge in [-0.15, -0.1) is 0 Å². The summed E-state index contributed by atoms with van der Waals surface area (Å²) in [6.07, 6.45) is 7.66. The maximum Gasteiger partial charge on any atom is 0.237 e. The van der Waals surface area contributed by atoms with Gasteiger partial charge in [0.1, 0.15) is 0 Å². The molecule has 1 heterocycles. The molecule has 0 spiro atoms. The van der Waals surface area contributed by atoms with Gasteiger partial charge in [0.05, 0.1) is 25.3 Å². The van der Waals surface area contributed by atoms with Crippen molar-refractivity contribution in [3.8, 4) is 0 Å². The van der Waals surface area contributed by atoms with E-state index >= 15 is 0 Å². The largest absolute Gasteiger partial charge is 0.389 e. The molecule has 156 valence electrons. The lowest BCUT2D eigenvalue weighted by molar-refractivity contribution is -0.135. The van der Waals surface area contributed by atoms with Crippen LogP contribution in [0, 0.1) is 5.92 Å². The molecule has 5 nitrogen and oxygen atoms in total. The minimum atomic E-state index is -0.582. The highest BCUT2D eigenvalue weighted by Gasteiger charge is 2.36. The highest BCUT2D eigenvalue weighted by atomic mass is 16.5. The molecule has 0 aromatic heterocycles. The number of benzene rings is 1. The Labute approximate surface area is 169 Å². The molecule has 1 aliphatic heterocycles. The number of carbonyl (C=O) groups excluding carboxylic acids is 1. The van der Waals surface area contributed by atoms with Crippen molar-refractivity contribution in [2.45, 2.75) is 64.0 Å². The molecule has 5 heteroatoms. The Balaban J connectivity index is 1.75. The number of nitrogens with one attached hydrogen (secondary N) is 1. The summed E-state index contributed by atoms with van der Waals surface area (Å²) in [5.74, 6) is 0.704. The number of nitrogens with zero attached hydrogens (tertiary/aromatic N) is 1. The van der Waals surface area contributed by atoms with Crippen LogP contribution in [0.5, 0.6) is 0 Å². The monoisotopic (exact) mass is 388 g/mol. The van der Waals surface area contributed by atoms with Crippen LogP contribution in [0.3, 0.4) is 0 Å². The van der Waals surface area contributed by atoms with Crippen molar-refractivity contribution in [2.24, 2.45) is 5.92 Å². The SMILES string of the molecule is CCc1ccc2c(c1)C(C1CCCCC1)N(C(=O)CNC[C@H](O)COC)CC2. The van der Waals surface area contributed by atoms with E-state index in [9.17, 15) is 9.90 Å². The summed E-state index contributed by atoms with van der Waals surface area (Å²) < 4.78 is 4.95. The number of fused-ring (bicyclic) bond motifs is 1. The van der Waals surface area contributed by atoms with Gasteiger partial charge >= 0.3 is 0 Å². The molecule has 1 amide bonds. The van der Waals surface area contributed by atoms with Gasteiger partial charge < -0.3 is 20.1 Å². The molecule has 0 radical (unpaired) electrons. The third-order valence-electron chi connectivity index (χ3n) is 6.33. The van der Waals surface area contributed by atoms with Crippen LogP contribution in [0.15, 0.2) is 18.2 Å². The summed E-state index contributed by atoms with van der Waals surface area (Å²) in [6, 6.07) is 7.08. The molecule has 1 saturated carbocycles. The van der Waals surface area contributed by atoms with Crippen molar-refractivity contribution >= 4 is 5.91 Å². The van der Waals surface area contributed by atoms with E-state index in [1.54, 1.807) is 7.11 Å². The van der Waals surface area contributed by atoms with Crippen molar-refractivity contribution in [1.29, 1.82) is 0 Å². The highest BCUT2D eigenvalue weighted by molar-refractivity contribution is 5.79. The summed E-state index contributed by atoms with van der Waals surface area (Å²) >= 11 is 0. The lowest BCUT2D eigenvalue weighted by Gasteiger charge is -2.43. The maximum absolute atomic E-state index is 13.1. The van der Waals surface area contributed by atoms with Gasteiger partial charge in [-0.3, -0.25) is 4.79 Å². The Morgan fingerprint density at radius 1 is 1.32 bits per heavy atom. The van der Waals surface area contributed by atoms with Crippen LogP contribution in [0.2, 0.25) is 0 Å². The smallest absolute Gasteiger partial charge is 0.237 e. The van der Waals surface area contributed by atoms with Gasteiger partial charge in [-0.05, 0) is 48.3 Å². The van der Waals surface area contributed by atoms with Crippen LogP contribution in [-0.4, -0.2) is 55.4 Å². The molecule has 0 bridgehead atoms. The number of carbonyl (C=O) groups is 1. The van der Waals surface area contributed by atoms with E-state index in [-0.39, 0.29) is 25.1 Å². The van der Waals surface area contributed by atoms with Crippen molar-refractivity contribution in [2.75, 3.05) is 33.4 Å². The van der Waals surface area contributed by atoms with E-state index < -0.39 is 6.10 Å². The first kappa shape index (κ1) is 21.3.